The van der Waals surface area contributed by atoms with E-state index in [4.69, 9.17) is 16.0 Å². The topological polar surface area (TPSA) is 59.2 Å². The van der Waals surface area contributed by atoms with E-state index < -0.39 is 0 Å². The molecule has 1 aliphatic heterocycles. The van der Waals surface area contributed by atoms with Crippen LogP contribution in [0.25, 0.3) is 0 Å². The van der Waals surface area contributed by atoms with Crippen molar-refractivity contribution in [2.75, 3.05) is 13.1 Å². The fraction of sp³-hybridized carbons (Fsp3) is 0.350. The lowest BCUT2D eigenvalue weighted by Gasteiger charge is -2.31. The van der Waals surface area contributed by atoms with Gasteiger partial charge in [0.1, 0.15) is 10.6 Å². The van der Waals surface area contributed by atoms with Crippen molar-refractivity contribution < 1.29 is 9.21 Å². The molecule has 1 aromatic carbocycles. The second-order valence-electron chi connectivity index (χ2n) is 6.83. The van der Waals surface area contributed by atoms with E-state index in [0.29, 0.717) is 13.0 Å². The van der Waals surface area contributed by atoms with Gasteiger partial charge in [0.2, 0.25) is 0 Å². The van der Waals surface area contributed by atoms with Gasteiger partial charge in [-0.2, -0.15) is 0 Å². The number of thiazole rings is 1. The van der Waals surface area contributed by atoms with Gasteiger partial charge in [-0.05, 0) is 37.5 Å². The highest BCUT2D eigenvalue weighted by molar-refractivity contribution is 7.11. The standard InChI is InChI=1S/C20H20ClN3O2S/c1-13-18(27-12-23-13)20(25)24-8-2-3-15(11-24)19-22-10-17(26-19)9-14-4-6-16(21)7-5-14/h4-7,10,12,15H,2-3,8-9,11H2,1H3/t15-/m0/s1. The van der Waals surface area contributed by atoms with Gasteiger partial charge >= 0.3 is 0 Å². The van der Waals surface area contributed by atoms with Crippen LogP contribution in [0.2, 0.25) is 5.02 Å². The Morgan fingerprint density at radius 3 is 2.89 bits per heavy atom. The van der Waals surface area contributed by atoms with Crippen molar-refractivity contribution in [3.63, 3.8) is 0 Å². The van der Waals surface area contributed by atoms with E-state index in [2.05, 4.69) is 9.97 Å². The first kappa shape index (κ1) is 18.2. The Bertz CT molecular complexity index is 935. The van der Waals surface area contributed by atoms with Crippen LogP contribution in [-0.2, 0) is 6.42 Å². The molecular formula is C20H20ClN3O2S. The van der Waals surface area contributed by atoms with Crippen molar-refractivity contribution in [3.8, 4) is 0 Å². The number of halogens is 1. The van der Waals surface area contributed by atoms with Crippen LogP contribution >= 0.6 is 22.9 Å². The maximum absolute atomic E-state index is 12.8. The number of oxazole rings is 1. The molecule has 1 fully saturated rings. The molecule has 0 N–H and O–H groups in total. The molecule has 0 bridgehead atoms. The lowest BCUT2D eigenvalue weighted by atomic mass is 9.98. The van der Waals surface area contributed by atoms with E-state index in [1.54, 1.807) is 11.7 Å². The van der Waals surface area contributed by atoms with Gasteiger partial charge in [0.25, 0.3) is 5.91 Å². The third-order valence-corrected chi connectivity index (χ3v) is 6.03. The van der Waals surface area contributed by atoms with E-state index in [1.807, 2.05) is 36.1 Å². The summed E-state index contributed by atoms with van der Waals surface area (Å²) < 4.78 is 6.01. The summed E-state index contributed by atoms with van der Waals surface area (Å²) in [6.07, 6.45) is 4.40. The van der Waals surface area contributed by atoms with Crippen LogP contribution in [0.4, 0.5) is 0 Å². The molecule has 1 atom stereocenters. The van der Waals surface area contributed by atoms with Crippen LogP contribution in [0, 0.1) is 6.92 Å². The highest BCUT2D eigenvalue weighted by Gasteiger charge is 2.29. The number of hydrogen-bond donors (Lipinski definition) is 0. The Balaban J connectivity index is 1.44. The lowest BCUT2D eigenvalue weighted by molar-refractivity contribution is 0.0702. The van der Waals surface area contributed by atoms with Gasteiger partial charge in [-0.25, -0.2) is 9.97 Å². The smallest absolute Gasteiger partial charge is 0.265 e. The fourth-order valence-electron chi connectivity index (χ4n) is 3.41. The predicted molar refractivity (Wildman–Crippen MR) is 105 cm³/mol. The van der Waals surface area contributed by atoms with E-state index in [0.717, 1.165) is 52.2 Å². The highest BCUT2D eigenvalue weighted by atomic mass is 35.5. The fourth-order valence-corrected chi connectivity index (χ4v) is 4.31. The van der Waals surface area contributed by atoms with Crippen LogP contribution in [0.15, 0.2) is 40.4 Å². The van der Waals surface area contributed by atoms with Crippen molar-refractivity contribution in [2.45, 2.75) is 32.1 Å². The molecule has 0 unspecified atom stereocenters. The molecule has 2 aromatic heterocycles. The van der Waals surface area contributed by atoms with Gasteiger partial charge in [0.05, 0.1) is 23.3 Å². The minimum absolute atomic E-state index is 0.0626. The van der Waals surface area contributed by atoms with Crippen LogP contribution in [0.5, 0.6) is 0 Å². The van der Waals surface area contributed by atoms with E-state index in [-0.39, 0.29) is 11.8 Å². The summed E-state index contributed by atoms with van der Waals surface area (Å²) in [6.45, 7) is 3.28. The zero-order valence-electron chi connectivity index (χ0n) is 15.0. The number of benzene rings is 1. The molecule has 5 nitrogen and oxygen atoms in total. The average molecular weight is 402 g/mol. The maximum Gasteiger partial charge on any atom is 0.265 e. The molecule has 0 saturated carbocycles. The summed E-state index contributed by atoms with van der Waals surface area (Å²) in [5, 5.41) is 0.722. The second kappa shape index (κ2) is 7.82. The quantitative estimate of drug-likeness (QED) is 0.635. The number of hydrogen-bond acceptors (Lipinski definition) is 5. The van der Waals surface area contributed by atoms with E-state index >= 15 is 0 Å². The van der Waals surface area contributed by atoms with Crippen molar-refractivity contribution in [3.05, 3.63) is 68.8 Å². The number of piperidine rings is 1. The van der Waals surface area contributed by atoms with Gasteiger partial charge in [-0.3, -0.25) is 4.79 Å². The molecule has 0 radical (unpaired) electrons. The van der Waals surface area contributed by atoms with Crippen molar-refractivity contribution in [2.24, 2.45) is 0 Å². The molecule has 7 heteroatoms. The number of aryl methyl sites for hydroxylation is 1. The van der Waals surface area contributed by atoms with Crippen molar-refractivity contribution >= 4 is 28.8 Å². The molecule has 1 aliphatic rings. The largest absolute Gasteiger partial charge is 0.445 e. The van der Waals surface area contributed by atoms with Crippen molar-refractivity contribution in [1.29, 1.82) is 0 Å². The number of amides is 1. The Morgan fingerprint density at radius 2 is 2.15 bits per heavy atom. The monoisotopic (exact) mass is 401 g/mol. The molecule has 27 heavy (non-hydrogen) atoms. The van der Waals surface area contributed by atoms with Gasteiger partial charge in [-0.15, -0.1) is 11.3 Å². The van der Waals surface area contributed by atoms with Crippen LogP contribution in [-0.4, -0.2) is 33.9 Å². The summed E-state index contributed by atoms with van der Waals surface area (Å²) in [7, 11) is 0. The first-order chi connectivity index (χ1) is 13.1. The SMILES string of the molecule is Cc1ncsc1C(=O)N1CCC[C@H](c2ncc(Cc3ccc(Cl)cc3)o2)C1. The number of carbonyl (C=O) groups is 1. The van der Waals surface area contributed by atoms with Gasteiger partial charge in [-0.1, -0.05) is 23.7 Å². The lowest BCUT2D eigenvalue weighted by Crippen LogP contribution is -2.39. The Morgan fingerprint density at radius 1 is 1.33 bits per heavy atom. The zero-order chi connectivity index (χ0) is 18.8. The molecule has 1 saturated heterocycles. The first-order valence-electron chi connectivity index (χ1n) is 8.98. The summed E-state index contributed by atoms with van der Waals surface area (Å²) >= 11 is 7.34. The zero-order valence-corrected chi connectivity index (χ0v) is 16.6. The minimum Gasteiger partial charge on any atom is -0.445 e. The Labute approximate surface area is 167 Å². The third-order valence-electron chi connectivity index (χ3n) is 4.86. The number of aromatic nitrogens is 2. The van der Waals surface area contributed by atoms with E-state index in [1.165, 1.54) is 11.3 Å². The molecule has 0 aliphatic carbocycles. The summed E-state index contributed by atoms with van der Waals surface area (Å²) in [4.78, 5) is 24.1. The Kier molecular flexibility index (Phi) is 5.27. The molecule has 4 rings (SSSR count). The number of rotatable bonds is 4. The van der Waals surface area contributed by atoms with Crippen LogP contribution < -0.4 is 0 Å². The average Bonchev–Trinajstić information content (AvgIpc) is 3.32. The predicted octanol–water partition coefficient (Wildman–Crippen LogP) is 4.70. The second-order valence-corrected chi connectivity index (χ2v) is 8.12. The minimum atomic E-state index is 0.0626. The molecule has 0 spiro atoms. The molecular weight excluding hydrogens is 382 g/mol. The third kappa shape index (κ3) is 4.06. The summed E-state index contributed by atoms with van der Waals surface area (Å²) in [5.41, 5.74) is 3.65. The number of carbonyl (C=O) groups excluding carboxylic acids is 1. The molecule has 3 heterocycles. The number of likely N-dealkylation sites (tertiary alicyclic amines) is 1. The molecule has 1 amide bonds. The maximum atomic E-state index is 12.8. The van der Waals surface area contributed by atoms with E-state index in [9.17, 15) is 4.79 Å². The first-order valence-corrected chi connectivity index (χ1v) is 10.2. The van der Waals surface area contributed by atoms with Gasteiger partial charge in [0.15, 0.2) is 5.89 Å². The van der Waals surface area contributed by atoms with Crippen molar-refractivity contribution in [1.82, 2.24) is 14.9 Å². The van der Waals surface area contributed by atoms with Gasteiger partial charge < -0.3 is 9.32 Å². The number of nitrogens with zero attached hydrogens (tertiary/aromatic N) is 3. The normalized spacial score (nSPS) is 17.3. The van der Waals surface area contributed by atoms with Gasteiger partial charge in [0, 0.05) is 24.5 Å². The molecule has 3 aromatic rings. The summed E-state index contributed by atoms with van der Waals surface area (Å²) in [5.74, 6) is 1.74. The summed E-state index contributed by atoms with van der Waals surface area (Å²) in [6, 6.07) is 7.73. The Hall–Kier alpha value is -2.18. The van der Waals surface area contributed by atoms with Crippen LogP contribution in [0.1, 0.15) is 51.3 Å². The van der Waals surface area contributed by atoms with Crippen LogP contribution in [0.3, 0.4) is 0 Å². The molecule has 140 valence electrons. The highest BCUT2D eigenvalue weighted by Crippen LogP contribution is 2.29.